The lowest BCUT2D eigenvalue weighted by molar-refractivity contribution is -0.384. The maximum atomic E-state index is 11.7. The lowest BCUT2D eigenvalue weighted by atomic mass is 10.2. The van der Waals surface area contributed by atoms with Gasteiger partial charge < -0.3 is 10.6 Å². The van der Waals surface area contributed by atoms with Crippen molar-refractivity contribution in [3.63, 3.8) is 0 Å². The van der Waals surface area contributed by atoms with Gasteiger partial charge in [-0.25, -0.2) is 0 Å². The summed E-state index contributed by atoms with van der Waals surface area (Å²) >= 11 is 0. The maximum absolute atomic E-state index is 11.7. The van der Waals surface area contributed by atoms with E-state index < -0.39 is 10.8 Å². The molecule has 0 radical (unpaired) electrons. The highest BCUT2D eigenvalue weighted by Gasteiger charge is 2.04. The smallest absolute Gasteiger partial charge is 0.269 e. The second kappa shape index (κ2) is 8.97. The molecular weight excluding hydrogens is 322 g/mol. The van der Waals surface area contributed by atoms with E-state index in [1.807, 2.05) is 30.3 Å². The van der Waals surface area contributed by atoms with E-state index in [0.29, 0.717) is 12.1 Å². The molecule has 0 aliphatic heterocycles. The summed E-state index contributed by atoms with van der Waals surface area (Å²) in [6.45, 7) is 0.268. The number of nitro benzene ring substituents is 1. The van der Waals surface area contributed by atoms with Crippen LogP contribution in [0, 0.1) is 10.1 Å². The maximum Gasteiger partial charge on any atom is 0.269 e. The first kappa shape index (κ1) is 17.9. The van der Waals surface area contributed by atoms with Crippen molar-refractivity contribution < 1.29 is 14.5 Å². The van der Waals surface area contributed by atoms with Crippen LogP contribution in [0.15, 0.2) is 60.7 Å². The number of benzene rings is 2. The van der Waals surface area contributed by atoms with Gasteiger partial charge in [0.05, 0.1) is 11.5 Å². The first-order valence-electron chi connectivity index (χ1n) is 7.55. The molecule has 128 valence electrons. The monoisotopic (exact) mass is 339 g/mol. The third-order valence-electron chi connectivity index (χ3n) is 3.29. The first-order valence-corrected chi connectivity index (χ1v) is 7.55. The van der Waals surface area contributed by atoms with E-state index in [0.717, 1.165) is 5.56 Å². The topological polar surface area (TPSA) is 101 Å². The summed E-state index contributed by atoms with van der Waals surface area (Å²) in [6, 6.07) is 15.2. The Kier molecular flexibility index (Phi) is 6.41. The highest BCUT2D eigenvalue weighted by atomic mass is 16.6. The molecule has 0 aliphatic rings. The van der Waals surface area contributed by atoms with Gasteiger partial charge in [0.15, 0.2) is 0 Å². The van der Waals surface area contributed by atoms with Crippen molar-refractivity contribution in [3.05, 3.63) is 81.9 Å². The van der Waals surface area contributed by atoms with Crippen LogP contribution in [-0.2, 0) is 16.1 Å². The summed E-state index contributed by atoms with van der Waals surface area (Å²) in [4.78, 5) is 33.4. The zero-order valence-electron chi connectivity index (χ0n) is 13.3. The molecule has 0 fully saturated rings. The standard InChI is InChI=1S/C18H17N3O4/c22-17(11-8-14-6-9-16(10-7-14)21(24)25)20-13-18(23)19-12-15-4-2-1-3-5-15/h1-11H,12-13H2,(H,19,23)(H,20,22)/b11-8+. The number of carbonyl (C=O) groups excluding carboxylic acids is 2. The van der Waals surface area contributed by atoms with Gasteiger partial charge in [-0.1, -0.05) is 30.3 Å². The highest BCUT2D eigenvalue weighted by Crippen LogP contribution is 2.12. The molecule has 25 heavy (non-hydrogen) atoms. The Balaban J connectivity index is 1.74. The van der Waals surface area contributed by atoms with Gasteiger partial charge in [0, 0.05) is 24.8 Å². The summed E-state index contributed by atoms with van der Waals surface area (Å²) < 4.78 is 0. The molecule has 0 saturated heterocycles. The van der Waals surface area contributed by atoms with Crippen LogP contribution in [0.5, 0.6) is 0 Å². The number of amides is 2. The fourth-order valence-corrected chi connectivity index (χ4v) is 1.96. The summed E-state index contributed by atoms with van der Waals surface area (Å²) in [5.74, 6) is -0.714. The van der Waals surface area contributed by atoms with E-state index >= 15 is 0 Å². The van der Waals surface area contributed by atoms with E-state index in [-0.39, 0.29) is 18.1 Å². The Morgan fingerprint density at radius 2 is 1.68 bits per heavy atom. The quantitative estimate of drug-likeness (QED) is 0.458. The molecule has 7 heteroatoms. The molecule has 0 saturated carbocycles. The Labute approximate surface area is 144 Å². The summed E-state index contributed by atoms with van der Waals surface area (Å²) in [5.41, 5.74) is 1.60. The van der Waals surface area contributed by atoms with Gasteiger partial charge in [0.1, 0.15) is 0 Å². The predicted octanol–water partition coefficient (Wildman–Crippen LogP) is 2.04. The van der Waals surface area contributed by atoms with E-state index in [1.165, 1.54) is 36.4 Å². The number of hydrogen-bond donors (Lipinski definition) is 2. The third kappa shape index (κ3) is 6.26. The van der Waals surface area contributed by atoms with E-state index in [1.54, 1.807) is 0 Å². The van der Waals surface area contributed by atoms with Crippen LogP contribution >= 0.6 is 0 Å². The van der Waals surface area contributed by atoms with Crippen LogP contribution in [0.3, 0.4) is 0 Å². The van der Waals surface area contributed by atoms with Gasteiger partial charge in [0.25, 0.3) is 5.69 Å². The molecule has 0 atom stereocenters. The lowest BCUT2D eigenvalue weighted by Crippen LogP contribution is -2.35. The predicted molar refractivity (Wildman–Crippen MR) is 93.4 cm³/mol. The molecule has 7 nitrogen and oxygen atoms in total. The van der Waals surface area contributed by atoms with E-state index in [9.17, 15) is 19.7 Å². The number of non-ortho nitro benzene ring substituents is 1. The molecule has 0 unspecified atom stereocenters. The largest absolute Gasteiger partial charge is 0.350 e. The van der Waals surface area contributed by atoms with Crippen molar-refractivity contribution in [3.8, 4) is 0 Å². The molecule has 2 aromatic carbocycles. The number of rotatable bonds is 7. The van der Waals surface area contributed by atoms with E-state index in [4.69, 9.17) is 0 Å². The molecule has 0 spiro atoms. The molecule has 2 N–H and O–H groups in total. The second-order valence-electron chi connectivity index (χ2n) is 5.16. The molecule has 0 aromatic heterocycles. The normalized spacial score (nSPS) is 10.4. The number of hydrogen-bond acceptors (Lipinski definition) is 4. The fourth-order valence-electron chi connectivity index (χ4n) is 1.96. The second-order valence-corrected chi connectivity index (χ2v) is 5.16. The Hall–Kier alpha value is -3.48. The summed E-state index contributed by atoms with van der Waals surface area (Å²) in [7, 11) is 0. The molecule has 2 amide bonds. The number of nitrogens with one attached hydrogen (secondary N) is 2. The average molecular weight is 339 g/mol. The van der Waals surface area contributed by atoms with Gasteiger partial charge in [-0.3, -0.25) is 19.7 Å². The van der Waals surface area contributed by atoms with Gasteiger partial charge in [-0.05, 0) is 29.3 Å². The fraction of sp³-hybridized carbons (Fsp3) is 0.111. The zero-order valence-corrected chi connectivity index (χ0v) is 13.3. The average Bonchev–Trinajstić information content (AvgIpc) is 2.64. The number of nitro groups is 1. The highest BCUT2D eigenvalue weighted by molar-refractivity contribution is 5.94. The van der Waals surface area contributed by atoms with Gasteiger partial charge >= 0.3 is 0 Å². The molecular formula is C18H17N3O4. The third-order valence-corrected chi connectivity index (χ3v) is 3.29. The SMILES string of the molecule is O=C(/C=C/c1ccc([N+](=O)[O-])cc1)NCC(=O)NCc1ccccc1. The van der Waals surface area contributed by atoms with Crippen LogP contribution < -0.4 is 10.6 Å². The van der Waals surface area contributed by atoms with Crippen LogP contribution in [0.2, 0.25) is 0 Å². The molecule has 0 bridgehead atoms. The molecule has 0 aliphatic carbocycles. The zero-order chi connectivity index (χ0) is 18.1. The van der Waals surface area contributed by atoms with Gasteiger partial charge in [-0.2, -0.15) is 0 Å². The Bertz CT molecular complexity index is 771. The van der Waals surface area contributed by atoms with Crippen molar-refractivity contribution in [2.45, 2.75) is 6.54 Å². The van der Waals surface area contributed by atoms with Crippen molar-refractivity contribution in [2.75, 3.05) is 6.54 Å². The van der Waals surface area contributed by atoms with Crippen LogP contribution in [0.25, 0.3) is 6.08 Å². The van der Waals surface area contributed by atoms with Crippen LogP contribution in [-0.4, -0.2) is 23.3 Å². The van der Waals surface area contributed by atoms with E-state index in [2.05, 4.69) is 10.6 Å². The van der Waals surface area contributed by atoms with Crippen LogP contribution in [0.4, 0.5) is 5.69 Å². The van der Waals surface area contributed by atoms with Crippen molar-refractivity contribution in [1.29, 1.82) is 0 Å². The molecule has 2 rings (SSSR count). The number of carbonyl (C=O) groups is 2. The van der Waals surface area contributed by atoms with Crippen molar-refractivity contribution >= 4 is 23.6 Å². The first-order chi connectivity index (χ1) is 12.0. The van der Waals surface area contributed by atoms with Crippen molar-refractivity contribution in [1.82, 2.24) is 10.6 Å². The number of nitrogens with zero attached hydrogens (tertiary/aromatic N) is 1. The minimum atomic E-state index is -0.492. The minimum Gasteiger partial charge on any atom is -0.350 e. The lowest BCUT2D eigenvalue weighted by Gasteiger charge is -2.05. The molecule has 0 heterocycles. The van der Waals surface area contributed by atoms with Gasteiger partial charge in [0.2, 0.25) is 11.8 Å². The summed E-state index contributed by atoms with van der Waals surface area (Å²) in [6.07, 6.45) is 2.78. The van der Waals surface area contributed by atoms with Crippen molar-refractivity contribution in [2.24, 2.45) is 0 Å². The minimum absolute atomic E-state index is 0.0170. The molecule has 2 aromatic rings. The van der Waals surface area contributed by atoms with Crippen LogP contribution in [0.1, 0.15) is 11.1 Å². The summed E-state index contributed by atoms with van der Waals surface area (Å²) in [5, 5.41) is 15.7. The van der Waals surface area contributed by atoms with Gasteiger partial charge in [-0.15, -0.1) is 0 Å². The Morgan fingerprint density at radius 1 is 1.00 bits per heavy atom. The Morgan fingerprint density at radius 3 is 2.32 bits per heavy atom.